The van der Waals surface area contributed by atoms with Crippen LogP contribution in [0.1, 0.15) is 92.9 Å². The predicted molar refractivity (Wildman–Crippen MR) is 171 cm³/mol. The highest BCUT2D eigenvalue weighted by atomic mass is 16.7. The molecule has 5 rings (SSSR count). The van der Waals surface area contributed by atoms with E-state index in [-0.39, 0.29) is 36.9 Å². The Bertz CT molecular complexity index is 1080. The third-order valence-corrected chi connectivity index (χ3v) is 13.5. The molecule has 4 fully saturated rings. The van der Waals surface area contributed by atoms with Gasteiger partial charge in [0.25, 0.3) is 0 Å². The quantitative estimate of drug-likeness (QED) is 0.174. The molecule has 17 atom stereocenters. The van der Waals surface area contributed by atoms with Crippen molar-refractivity contribution in [3.63, 3.8) is 0 Å². The van der Waals surface area contributed by atoms with E-state index in [0.717, 1.165) is 37.7 Å². The van der Waals surface area contributed by atoms with E-state index in [1.54, 1.807) is 0 Å². The SMILES string of the molecule is COC1C(O)[C@H](O)CO[C@H]1O[C@@H]1C=C2[C@H](O)C[C@@]3(O)C4C(O)[C@H](O)C(C(C)CCC(CC(C)O)C(C)C)[C@@]4(C)CCC3[C@@]2(C)CC1. The summed E-state index contributed by atoms with van der Waals surface area (Å²) in [5.41, 5.74) is -1.57. The standard InChI is InChI=1S/C36H62O10/c1-18(2)21(14-20(4)37)9-8-19(3)27-29(41)30(42)32-35(27,6)13-11-26-34(5)12-10-22(15-23(34)24(38)16-36(26,32)43)46-33-31(44-7)28(40)25(39)17-45-33/h15,18-22,24-33,37-43H,8-14,16-17H2,1-7H3/t19?,20?,21?,22-,24+,25+,26?,27?,28?,29+,30?,31?,32?,33-,34-,35+,36-/m0/s1. The highest BCUT2D eigenvalue weighted by Gasteiger charge is 2.72. The minimum Gasteiger partial charge on any atom is -0.393 e. The Hall–Kier alpha value is -0.660. The Kier molecular flexibility index (Phi) is 10.8. The van der Waals surface area contributed by atoms with Crippen molar-refractivity contribution in [3.05, 3.63) is 11.6 Å². The normalized spacial score (nSPS) is 49.5. The van der Waals surface area contributed by atoms with Crippen LogP contribution in [-0.4, -0.2) is 110 Å². The van der Waals surface area contributed by atoms with Gasteiger partial charge in [0, 0.05) is 19.4 Å². The van der Waals surface area contributed by atoms with Crippen molar-refractivity contribution in [2.24, 2.45) is 46.3 Å². The zero-order valence-electron chi connectivity index (χ0n) is 29.0. The average Bonchev–Trinajstić information content (AvgIpc) is 3.18. The number of fused-ring (bicyclic) bond motifs is 5. The second kappa shape index (κ2) is 13.6. The molecular weight excluding hydrogens is 592 g/mol. The minimum atomic E-state index is -1.36. The molecule has 3 saturated carbocycles. The Morgan fingerprint density at radius 1 is 0.957 bits per heavy atom. The maximum absolute atomic E-state index is 12.7. The van der Waals surface area contributed by atoms with E-state index in [9.17, 15) is 35.7 Å². The van der Waals surface area contributed by atoms with Crippen LogP contribution in [0.5, 0.6) is 0 Å². The number of methoxy groups -OCH3 is 1. The maximum Gasteiger partial charge on any atom is 0.187 e. The van der Waals surface area contributed by atoms with E-state index in [2.05, 4.69) is 34.6 Å². The first-order valence-electron chi connectivity index (χ1n) is 17.8. The number of aliphatic hydroxyl groups excluding tert-OH is 6. The summed E-state index contributed by atoms with van der Waals surface area (Å²) >= 11 is 0. The van der Waals surface area contributed by atoms with Crippen LogP contribution >= 0.6 is 0 Å². The van der Waals surface area contributed by atoms with Gasteiger partial charge in [-0.25, -0.2) is 0 Å². The van der Waals surface area contributed by atoms with E-state index in [1.807, 2.05) is 13.0 Å². The maximum atomic E-state index is 12.7. The molecule has 0 radical (unpaired) electrons. The van der Waals surface area contributed by atoms with E-state index >= 15 is 0 Å². The summed E-state index contributed by atoms with van der Waals surface area (Å²) in [6, 6.07) is 0. The zero-order chi connectivity index (χ0) is 33.9. The Morgan fingerprint density at radius 3 is 2.28 bits per heavy atom. The van der Waals surface area contributed by atoms with Gasteiger partial charge >= 0.3 is 0 Å². The molecule has 0 bridgehead atoms. The fourth-order valence-electron chi connectivity index (χ4n) is 11.2. The highest BCUT2D eigenvalue weighted by molar-refractivity contribution is 5.33. The molecule has 0 aromatic rings. The molecule has 1 heterocycles. The van der Waals surface area contributed by atoms with Crippen molar-refractivity contribution in [2.45, 2.75) is 154 Å². The van der Waals surface area contributed by atoms with Crippen LogP contribution < -0.4 is 0 Å². The third-order valence-electron chi connectivity index (χ3n) is 13.5. The van der Waals surface area contributed by atoms with Gasteiger partial charge in [0.05, 0.1) is 42.7 Å². The number of aliphatic hydroxyl groups is 7. The first-order valence-corrected chi connectivity index (χ1v) is 17.8. The van der Waals surface area contributed by atoms with Crippen molar-refractivity contribution >= 4 is 0 Å². The summed E-state index contributed by atoms with van der Waals surface area (Å²) in [4.78, 5) is 0. The summed E-state index contributed by atoms with van der Waals surface area (Å²) in [6.07, 6.45) is -0.432. The molecular formula is C36H62O10. The lowest BCUT2D eigenvalue weighted by atomic mass is 9.43. The van der Waals surface area contributed by atoms with Gasteiger partial charge in [0.2, 0.25) is 0 Å². The lowest BCUT2D eigenvalue weighted by molar-refractivity contribution is -0.285. The van der Waals surface area contributed by atoms with E-state index in [0.29, 0.717) is 24.7 Å². The lowest BCUT2D eigenvalue weighted by Gasteiger charge is -2.64. The van der Waals surface area contributed by atoms with Crippen LogP contribution in [0.2, 0.25) is 0 Å². The van der Waals surface area contributed by atoms with Gasteiger partial charge in [-0.05, 0) is 91.4 Å². The number of ether oxygens (including phenoxy) is 3. The fraction of sp³-hybridized carbons (Fsp3) is 0.944. The highest BCUT2D eigenvalue weighted by Crippen LogP contribution is 2.69. The second-order valence-electron chi connectivity index (χ2n) is 16.6. The Balaban J connectivity index is 1.36. The van der Waals surface area contributed by atoms with Crippen molar-refractivity contribution in [1.29, 1.82) is 0 Å². The molecule has 0 aromatic heterocycles. The second-order valence-corrected chi connectivity index (χ2v) is 16.6. The Morgan fingerprint density at radius 2 is 1.65 bits per heavy atom. The van der Waals surface area contributed by atoms with Crippen LogP contribution in [-0.2, 0) is 14.2 Å². The first-order chi connectivity index (χ1) is 21.5. The number of rotatable bonds is 10. The third kappa shape index (κ3) is 6.16. The van der Waals surface area contributed by atoms with Crippen molar-refractivity contribution in [2.75, 3.05) is 13.7 Å². The largest absolute Gasteiger partial charge is 0.393 e. The van der Waals surface area contributed by atoms with E-state index in [1.165, 1.54) is 7.11 Å². The van der Waals surface area contributed by atoms with Crippen LogP contribution in [0.4, 0.5) is 0 Å². The summed E-state index contributed by atoms with van der Waals surface area (Å²) in [7, 11) is 1.43. The molecule has 5 aliphatic rings. The van der Waals surface area contributed by atoms with Gasteiger partial charge in [-0.15, -0.1) is 0 Å². The molecule has 9 unspecified atom stereocenters. The van der Waals surface area contributed by atoms with Crippen molar-refractivity contribution < 1.29 is 50.0 Å². The Labute approximate surface area is 275 Å². The number of hydrogen-bond donors (Lipinski definition) is 7. The monoisotopic (exact) mass is 654 g/mol. The summed E-state index contributed by atoms with van der Waals surface area (Å²) in [6.45, 7) is 12.5. The summed E-state index contributed by atoms with van der Waals surface area (Å²) < 4.78 is 17.3. The molecule has 46 heavy (non-hydrogen) atoms. The van der Waals surface area contributed by atoms with Crippen LogP contribution in [0.15, 0.2) is 11.6 Å². The topological polar surface area (TPSA) is 169 Å². The van der Waals surface area contributed by atoms with Crippen molar-refractivity contribution in [3.8, 4) is 0 Å². The molecule has 7 N–H and O–H groups in total. The number of hydrogen-bond acceptors (Lipinski definition) is 10. The lowest BCUT2D eigenvalue weighted by Crippen LogP contribution is -2.66. The van der Waals surface area contributed by atoms with Gasteiger partial charge in [-0.1, -0.05) is 47.1 Å². The smallest absolute Gasteiger partial charge is 0.187 e. The average molecular weight is 655 g/mol. The van der Waals surface area contributed by atoms with Crippen LogP contribution in [0.3, 0.4) is 0 Å². The van der Waals surface area contributed by atoms with Crippen LogP contribution in [0.25, 0.3) is 0 Å². The zero-order valence-corrected chi connectivity index (χ0v) is 29.0. The first kappa shape index (κ1) is 36.6. The molecule has 0 aromatic carbocycles. The van der Waals surface area contributed by atoms with Gasteiger partial charge < -0.3 is 50.0 Å². The molecule has 1 aliphatic heterocycles. The molecule has 266 valence electrons. The summed E-state index contributed by atoms with van der Waals surface area (Å²) in [5, 5.41) is 78.2. The minimum absolute atomic E-state index is 0.0709. The van der Waals surface area contributed by atoms with Crippen molar-refractivity contribution in [1.82, 2.24) is 0 Å². The summed E-state index contributed by atoms with van der Waals surface area (Å²) in [5.74, 6) is -0.0681. The molecule has 10 heteroatoms. The molecule has 10 nitrogen and oxygen atoms in total. The van der Waals surface area contributed by atoms with Gasteiger partial charge in [-0.2, -0.15) is 0 Å². The van der Waals surface area contributed by atoms with E-state index < -0.39 is 71.4 Å². The predicted octanol–water partition coefficient (Wildman–Crippen LogP) is 2.53. The van der Waals surface area contributed by atoms with E-state index in [4.69, 9.17) is 14.2 Å². The van der Waals surface area contributed by atoms with Gasteiger partial charge in [0.15, 0.2) is 6.29 Å². The molecule has 0 amide bonds. The molecule has 4 aliphatic carbocycles. The molecule has 0 spiro atoms. The fourth-order valence-corrected chi connectivity index (χ4v) is 11.2. The van der Waals surface area contributed by atoms with Gasteiger partial charge in [-0.3, -0.25) is 0 Å². The molecule has 1 saturated heterocycles. The van der Waals surface area contributed by atoms with Gasteiger partial charge in [0.1, 0.15) is 18.3 Å². The van der Waals surface area contributed by atoms with Crippen LogP contribution in [0, 0.1) is 46.3 Å².